The average molecular weight is 417 g/mol. The minimum atomic E-state index is -0.767. The fourth-order valence-corrected chi connectivity index (χ4v) is 3.34. The van der Waals surface area contributed by atoms with E-state index in [1.54, 1.807) is 42.2 Å². The van der Waals surface area contributed by atoms with Crippen molar-refractivity contribution in [1.29, 1.82) is 5.26 Å². The van der Waals surface area contributed by atoms with Gasteiger partial charge in [-0.05, 0) is 38.5 Å². The van der Waals surface area contributed by atoms with Crippen molar-refractivity contribution in [3.8, 4) is 28.8 Å². The van der Waals surface area contributed by atoms with Gasteiger partial charge in [0.2, 0.25) is 0 Å². The predicted octanol–water partition coefficient (Wildman–Crippen LogP) is 3.13. The number of nitrogen functional groups attached to an aromatic ring is 1. The van der Waals surface area contributed by atoms with Crippen molar-refractivity contribution in [2.24, 2.45) is 0 Å². The number of halogens is 1. The lowest BCUT2D eigenvalue weighted by Gasteiger charge is -2.10. The molecule has 0 bridgehead atoms. The molecule has 10 heteroatoms. The zero-order valence-corrected chi connectivity index (χ0v) is 17.3. The maximum atomic E-state index is 14.8. The molecule has 31 heavy (non-hydrogen) atoms. The normalized spacial score (nSPS) is 11.1. The highest BCUT2D eigenvalue weighted by atomic mass is 19.1. The lowest BCUT2D eigenvalue weighted by atomic mass is 10.0. The molecule has 0 aliphatic rings. The molecular weight excluding hydrogens is 397 g/mol. The van der Waals surface area contributed by atoms with Gasteiger partial charge >= 0.3 is 0 Å². The van der Waals surface area contributed by atoms with Crippen LogP contribution in [0.4, 0.5) is 10.2 Å². The molecule has 0 aliphatic heterocycles. The van der Waals surface area contributed by atoms with E-state index in [2.05, 4.69) is 31.4 Å². The lowest BCUT2D eigenvalue weighted by Crippen LogP contribution is -2.11. The van der Waals surface area contributed by atoms with E-state index < -0.39 is 5.82 Å². The Hall–Kier alpha value is -4.13. The second-order valence-electron chi connectivity index (χ2n) is 7.35. The summed E-state index contributed by atoms with van der Waals surface area (Å²) in [7, 11) is 0. The SMILES string of the molecule is Cc1c(C#N)cccc1-c1nc(N)c(F)c(-c2cn(Cc3ccnn3C(C)C)nn2)n1. The smallest absolute Gasteiger partial charge is 0.193 e. The fraction of sp³-hybridized carbons (Fsp3) is 0.238. The van der Waals surface area contributed by atoms with Gasteiger partial charge in [0, 0.05) is 17.8 Å². The molecule has 4 rings (SSSR count). The number of hydrogen-bond donors (Lipinski definition) is 1. The van der Waals surface area contributed by atoms with E-state index in [1.807, 2.05) is 24.6 Å². The van der Waals surface area contributed by atoms with Gasteiger partial charge in [0.1, 0.15) is 11.4 Å². The van der Waals surface area contributed by atoms with E-state index in [0.29, 0.717) is 23.2 Å². The van der Waals surface area contributed by atoms with Crippen molar-refractivity contribution in [2.75, 3.05) is 5.73 Å². The van der Waals surface area contributed by atoms with Gasteiger partial charge in [0.05, 0.1) is 30.1 Å². The molecule has 156 valence electrons. The topological polar surface area (TPSA) is 124 Å². The molecule has 0 amide bonds. The summed E-state index contributed by atoms with van der Waals surface area (Å²) in [6, 6.07) is 9.39. The quantitative estimate of drug-likeness (QED) is 0.529. The summed E-state index contributed by atoms with van der Waals surface area (Å²) in [6.45, 7) is 6.27. The number of hydrogen-bond acceptors (Lipinski definition) is 7. The molecule has 1 aromatic carbocycles. The van der Waals surface area contributed by atoms with E-state index in [1.165, 1.54) is 0 Å². The van der Waals surface area contributed by atoms with Gasteiger partial charge in [0.25, 0.3) is 0 Å². The molecule has 4 aromatic rings. The Morgan fingerprint density at radius 1 is 1.23 bits per heavy atom. The van der Waals surface area contributed by atoms with Crippen LogP contribution < -0.4 is 5.73 Å². The fourth-order valence-electron chi connectivity index (χ4n) is 3.34. The van der Waals surface area contributed by atoms with Crippen molar-refractivity contribution in [1.82, 2.24) is 34.7 Å². The van der Waals surface area contributed by atoms with E-state index in [0.717, 1.165) is 5.69 Å². The third-order valence-corrected chi connectivity index (χ3v) is 4.92. The van der Waals surface area contributed by atoms with Gasteiger partial charge in [-0.3, -0.25) is 4.68 Å². The average Bonchev–Trinajstić information content (AvgIpc) is 3.40. The molecule has 0 fully saturated rings. The summed E-state index contributed by atoms with van der Waals surface area (Å²) in [5, 5.41) is 21.8. The molecule has 0 unspecified atom stereocenters. The Morgan fingerprint density at radius 3 is 2.77 bits per heavy atom. The third-order valence-electron chi connectivity index (χ3n) is 4.92. The molecule has 0 atom stereocenters. The van der Waals surface area contributed by atoms with Crippen LogP contribution in [0.2, 0.25) is 0 Å². The van der Waals surface area contributed by atoms with Crippen molar-refractivity contribution in [3.05, 3.63) is 59.3 Å². The van der Waals surface area contributed by atoms with E-state index in [4.69, 9.17) is 5.73 Å². The number of nitrogens with two attached hydrogens (primary N) is 1. The molecule has 9 nitrogen and oxygen atoms in total. The second kappa shape index (κ2) is 7.95. The van der Waals surface area contributed by atoms with Crippen LogP contribution in [0.1, 0.15) is 36.7 Å². The maximum Gasteiger partial charge on any atom is 0.193 e. The molecule has 3 aromatic heterocycles. The lowest BCUT2D eigenvalue weighted by molar-refractivity contribution is 0.490. The minimum absolute atomic E-state index is 0.0483. The summed E-state index contributed by atoms with van der Waals surface area (Å²) in [5.41, 5.74) is 8.73. The Balaban J connectivity index is 1.73. The first-order valence-corrected chi connectivity index (χ1v) is 9.65. The van der Waals surface area contributed by atoms with E-state index in [9.17, 15) is 9.65 Å². The molecule has 3 heterocycles. The Bertz CT molecular complexity index is 1300. The van der Waals surface area contributed by atoms with E-state index >= 15 is 0 Å². The third kappa shape index (κ3) is 3.73. The van der Waals surface area contributed by atoms with Gasteiger partial charge in [0.15, 0.2) is 17.5 Å². The first-order chi connectivity index (χ1) is 14.9. The van der Waals surface area contributed by atoms with Crippen LogP contribution in [0.25, 0.3) is 22.8 Å². The number of aromatic nitrogens is 7. The Kier molecular flexibility index (Phi) is 5.17. The van der Waals surface area contributed by atoms with E-state index in [-0.39, 0.29) is 29.1 Å². The standard InChI is InChI=1S/C21H20FN9/c1-12(2)31-15(7-8-25-31)10-30-11-17(28-29-30)19-18(22)20(24)27-21(26-19)16-6-4-5-14(9-23)13(16)3/h4-8,11-12H,10H2,1-3H3,(H2,24,26,27). The zero-order valence-electron chi connectivity index (χ0n) is 17.3. The molecule has 2 N–H and O–H groups in total. The highest BCUT2D eigenvalue weighted by Crippen LogP contribution is 2.28. The molecular formula is C21H20FN9. The molecule has 0 aliphatic carbocycles. The number of anilines is 1. The maximum absolute atomic E-state index is 14.8. The molecule has 0 radical (unpaired) electrons. The van der Waals surface area contributed by atoms with Crippen molar-refractivity contribution >= 4 is 5.82 Å². The highest BCUT2D eigenvalue weighted by molar-refractivity contribution is 5.69. The summed E-state index contributed by atoms with van der Waals surface area (Å²) >= 11 is 0. The number of nitrogens with zero attached hydrogens (tertiary/aromatic N) is 8. The summed E-state index contributed by atoms with van der Waals surface area (Å²) in [6.07, 6.45) is 3.33. The van der Waals surface area contributed by atoms with Gasteiger partial charge in [-0.2, -0.15) is 10.4 Å². The van der Waals surface area contributed by atoms with Gasteiger partial charge in [-0.15, -0.1) is 5.10 Å². The molecule has 0 spiro atoms. The van der Waals surface area contributed by atoms with Crippen LogP contribution >= 0.6 is 0 Å². The van der Waals surface area contributed by atoms with Crippen LogP contribution in [0.5, 0.6) is 0 Å². The van der Waals surface area contributed by atoms with Crippen LogP contribution in [-0.2, 0) is 6.54 Å². The van der Waals surface area contributed by atoms with Gasteiger partial charge < -0.3 is 5.73 Å². The number of rotatable bonds is 5. The van der Waals surface area contributed by atoms with Crippen molar-refractivity contribution in [2.45, 2.75) is 33.4 Å². The monoisotopic (exact) mass is 417 g/mol. The van der Waals surface area contributed by atoms with Crippen LogP contribution in [0, 0.1) is 24.1 Å². The number of nitriles is 1. The largest absolute Gasteiger partial charge is 0.381 e. The summed E-state index contributed by atoms with van der Waals surface area (Å²) in [4.78, 5) is 8.44. The molecule has 0 saturated carbocycles. The first-order valence-electron chi connectivity index (χ1n) is 9.65. The summed E-state index contributed by atoms with van der Waals surface area (Å²) < 4.78 is 18.3. The van der Waals surface area contributed by atoms with Crippen LogP contribution in [-0.4, -0.2) is 34.7 Å². The highest BCUT2D eigenvalue weighted by Gasteiger charge is 2.20. The predicted molar refractivity (Wildman–Crippen MR) is 112 cm³/mol. The Labute approximate surface area is 178 Å². The van der Waals surface area contributed by atoms with Gasteiger partial charge in [-0.1, -0.05) is 17.3 Å². The minimum Gasteiger partial charge on any atom is -0.381 e. The van der Waals surface area contributed by atoms with Crippen molar-refractivity contribution < 1.29 is 4.39 Å². The van der Waals surface area contributed by atoms with Crippen LogP contribution in [0.15, 0.2) is 36.7 Å². The number of benzene rings is 1. The van der Waals surface area contributed by atoms with Crippen molar-refractivity contribution in [3.63, 3.8) is 0 Å². The first kappa shape index (κ1) is 20.2. The van der Waals surface area contributed by atoms with Gasteiger partial charge in [-0.25, -0.2) is 19.0 Å². The summed E-state index contributed by atoms with van der Waals surface area (Å²) in [5.74, 6) is -0.845. The zero-order chi connectivity index (χ0) is 22.1. The van der Waals surface area contributed by atoms with Crippen LogP contribution in [0.3, 0.4) is 0 Å². The Morgan fingerprint density at radius 2 is 2.03 bits per heavy atom. The second-order valence-corrected chi connectivity index (χ2v) is 7.35. The molecule has 0 saturated heterocycles.